The Bertz CT molecular complexity index is 937. The van der Waals surface area contributed by atoms with Crippen LogP contribution in [0.4, 0.5) is 5.69 Å². The van der Waals surface area contributed by atoms with E-state index in [4.69, 9.17) is 4.74 Å². The summed E-state index contributed by atoms with van der Waals surface area (Å²) in [5, 5.41) is 5.93. The number of piperazine rings is 1. The zero-order chi connectivity index (χ0) is 24.5. The van der Waals surface area contributed by atoms with Crippen LogP contribution in [0.3, 0.4) is 0 Å². The number of benzene rings is 2. The Morgan fingerprint density at radius 2 is 1.68 bits per heavy atom. The van der Waals surface area contributed by atoms with Crippen molar-refractivity contribution in [2.45, 2.75) is 33.2 Å². The average molecular weight is 467 g/mol. The molecule has 0 spiro atoms. The van der Waals surface area contributed by atoms with Crippen molar-refractivity contribution < 1.29 is 14.3 Å². The number of carbonyl (C=O) groups excluding carboxylic acids is 2. The fraction of sp³-hybridized carbons (Fsp3) is 0.481. The van der Waals surface area contributed by atoms with Gasteiger partial charge in [0.15, 0.2) is 0 Å². The minimum absolute atomic E-state index is 0.000926. The first kappa shape index (κ1) is 25.6. The van der Waals surface area contributed by atoms with E-state index in [1.165, 1.54) is 5.69 Å². The van der Waals surface area contributed by atoms with Gasteiger partial charge in [-0.1, -0.05) is 32.0 Å². The van der Waals surface area contributed by atoms with Crippen molar-refractivity contribution in [3.05, 3.63) is 59.7 Å². The highest BCUT2D eigenvalue weighted by Crippen LogP contribution is 2.20. The zero-order valence-corrected chi connectivity index (χ0v) is 20.8. The summed E-state index contributed by atoms with van der Waals surface area (Å²) in [5.74, 6) is 0.542. The lowest BCUT2D eigenvalue weighted by Crippen LogP contribution is -2.50. The van der Waals surface area contributed by atoms with Crippen molar-refractivity contribution in [3.8, 4) is 5.75 Å². The van der Waals surface area contributed by atoms with Crippen molar-refractivity contribution in [2.75, 3.05) is 51.3 Å². The molecule has 2 N–H and O–H groups in total. The van der Waals surface area contributed by atoms with Gasteiger partial charge in [0.05, 0.1) is 7.11 Å². The second kappa shape index (κ2) is 12.4. The molecule has 184 valence electrons. The number of rotatable bonds is 10. The third-order valence-electron chi connectivity index (χ3n) is 6.39. The second-order valence-electron chi connectivity index (χ2n) is 9.18. The Labute approximate surface area is 203 Å². The van der Waals surface area contributed by atoms with Gasteiger partial charge in [0, 0.05) is 44.0 Å². The van der Waals surface area contributed by atoms with E-state index in [0.717, 1.165) is 50.5 Å². The molecule has 7 nitrogen and oxygen atoms in total. The normalized spacial score (nSPS) is 15.1. The van der Waals surface area contributed by atoms with E-state index in [-0.39, 0.29) is 17.7 Å². The van der Waals surface area contributed by atoms with E-state index in [9.17, 15) is 9.59 Å². The van der Waals surface area contributed by atoms with E-state index < -0.39 is 6.04 Å². The summed E-state index contributed by atoms with van der Waals surface area (Å²) in [6, 6.07) is 15.1. The van der Waals surface area contributed by atoms with Crippen molar-refractivity contribution >= 4 is 17.5 Å². The molecule has 1 heterocycles. The summed E-state index contributed by atoms with van der Waals surface area (Å²) in [7, 11) is 1.68. The van der Waals surface area contributed by atoms with Crippen LogP contribution in [-0.4, -0.2) is 69.1 Å². The maximum Gasteiger partial charge on any atom is 0.252 e. The highest BCUT2D eigenvalue weighted by Gasteiger charge is 2.25. The number of nitrogens with one attached hydrogen (secondary N) is 2. The molecule has 2 aromatic rings. The first-order valence-electron chi connectivity index (χ1n) is 12.1. The molecule has 1 aliphatic heterocycles. The van der Waals surface area contributed by atoms with Gasteiger partial charge in [-0.25, -0.2) is 0 Å². The molecule has 2 aromatic carbocycles. The smallest absolute Gasteiger partial charge is 0.252 e. The average Bonchev–Trinajstić information content (AvgIpc) is 2.85. The van der Waals surface area contributed by atoms with Gasteiger partial charge < -0.3 is 20.3 Å². The van der Waals surface area contributed by atoms with Gasteiger partial charge in [-0.2, -0.15) is 0 Å². The maximum atomic E-state index is 12.8. The number of carbonyl (C=O) groups is 2. The van der Waals surface area contributed by atoms with Crippen molar-refractivity contribution in [2.24, 2.45) is 5.92 Å². The Hall–Kier alpha value is -3.06. The number of aryl methyl sites for hydroxylation is 1. The molecule has 0 saturated carbocycles. The number of hydrogen-bond acceptors (Lipinski definition) is 5. The van der Waals surface area contributed by atoms with Gasteiger partial charge in [-0.3, -0.25) is 14.5 Å². The van der Waals surface area contributed by atoms with Crippen LogP contribution in [0, 0.1) is 12.8 Å². The second-order valence-corrected chi connectivity index (χ2v) is 9.18. The molecule has 2 amide bonds. The van der Waals surface area contributed by atoms with Crippen LogP contribution in [-0.2, 0) is 4.79 Å². The summed E-state index contributed by atoms with van der Waals surface area (Å²) >= 11 is 0. The minimum atomic E-state index is -0.555. The van der Waals surface area contributed by atoms with Crippen LogP contribution in [0.15, 0.2) is 48.5 Å². The van der Waals surface area contributed by atoms with Gasteiger partial charge in [0.25, 0.3) is 5.91 Å². The monoisotopic (exact) mass is 466 g/mol. The quantitative estimate of drug-likeness (QED) is 0.527. The molecule has 0 bridgehead atoms. The molecule has 1 unspecified atom stereocenters. The standard InChI is InChI=1S/C27H38N4O3/c1-20(2)25(29-26(32)24-9-6-5-8-21(24)3)27(33)28-14-7-15-30-16-18-31(19-17-30)22-10-12-23(34-4)13-11-22/h5-6,8-13,20,25H,7,14-19H2,1-4H3,(H,28,33)(H,29,32). The summed E-state index contributed by atoms with van der Waals surface area (Å²) in [6.45, 7) is 11.3. The molecule has 1 atom stereocenters. The van der Waals surface area contributed by atoms with Crippen LogP contribution in [0.5, 0.6) is 5.75 Å². The van der Waals surface area contributed by atoms with E-state index in [0.29, 0.717) is 12.1 Å². The number of hydrogen-bond donors (Lipinski definition) is 2. The van der Waals surface area contributed by atoms with Crippen LogP contribution >= 0.6 is 0 Å². The van der Waals surface area contributed by atoms with Crippen LogP contribution < -0.4 is 20.3 Å². The number of methoxy groups -OCH3 is 1. The van der Waals surface area contributed by atoms with Gasteiger partial charge in [-0.05, 0) is 61.7 Å². The molecule has 0 radical (unpaired) electrons. The predicted molar refractivity (Wildman–Crippen MR) is 137 cm³/mol. The van der Waals surface area contributed by atoms with Crippen LogP contribution in [0.2, 0.25) is 0 Å². The Morgan fingerprint density at radius 3 is 2.29 bits per heavy atom. The molecule has 1 fully saturated rings. The van der Waals surface area contributed by atoms with Crippen molar-refractivity contribution in [1.82, 2.24) is 15.5 Å². The fourth-order valence-corrected chi connectivity index (χ4v) is 4.23. The third-order valence-corrected chi connectivity index (χ3v) is 6.39. The van der Waals surface area contributed by atoms with Gasteiger partial charge >= 0.3 is 0 Å². The molecule has 3 rings (SSSR count). The molecule has 1 aliphatic rings. The number of nitrogens with zero attached hydrogens (tertiary/aromatic N) is 2. The summed E-state index contributed by atoms with van der Waals surface area (Å²) in [5.41, 5.74) is 2.73. The Balaban J connectivity index is 1.39. The highest BCUT2D eigenvalue weighted by molar-refractivity contribution is 5.98. The van der Waals surface area contributed by atoms with Crippen LogP contribution in [0.1, 0.15) is 36.2 Å². The highest BCUT2D eigenvalue weighted by atomic mass is 16.5. The summed E-state index contributed by atoms with van der Waals surface area (Å²) in [4.78, 5) is 30.3. The molecule has 0 aliphatic carbocycles. The lowest BCUT2D eigenvalue weighted by atomic mass is 10.0. The van der Waals surface area contributed by atoms with E-state index in [1.807, 2.05) is 51.1 Å². The topological polar surface area (TPSA) is 73.9 Å². The first-order valence-corrected chi connectivity index (χ1v) is 12.1. The predicted octanol–water partition coefficient (Wildman–Crippen LogP) is 3.09. The van der Waals surface area contributed by atoms with Crippen molar-refractivity contribution in [3.63, 3.8) is 0 Å². The summed E-state index contributed by atoms with van der Waals surface area (Å²) in [6.07, 6.45) is 0.880. The van der Waals surface area contributed by atoms with Gasteiger partial charge in [0.2, 0.25) is 5.91 Å². The molecular formula is C27H38N4O3. The number of anilines is 1. The first-order chi connectivity index (χ1) is 16.4. The van der Waals surface area contributed by atoms with Gasteiger partial charge in [-0.15, -0.1) is 0 Å². The van der Waals surface area contributed by atoms with E-state index in [1.54, 1.807) is 13.2 Å². The molecule has 7 heteroatoms. The largest absolute Gasteiger partial charge is 0.497 e. The third kappa shape index (κ3) is 6.97. The van der Waals surface area contributed by atoms with E-state index in [2.05, 4.69) is 32.6 Å². The Morgan fingerprint density at radius 1 is 1.00 bits per heavy atom. The Kier molecular flexibility index (Phi) is 9.33. The lowest BCUT2D eigenvalue weighted by Gasteiger charge is -2.36. The molecule has 1 saturated heterocycles. The van der Waals surface area contributed by atoms with Crippen molar-refractivity contribution in [1.29, 1.82) is 0 Å². The number of ether oxygens (including phenoxy) is 1. The SMILES string of the molecule is COc1ccc(N2CCN(CCCNC(=O)C(NC(=O)c3ccccc3C)C(C)C)CC2)cc1. The lowest BCUT2D eigenvalue weighted by molar-refractivity contribution is -0.123. The van der Waals surface area contributed by atoms with Crippen LogP contribution in [0.25, 0.3) is 0 Å². The van der Waals surface area contributed by atoms with Gasteiger partial charge in [0.1, 0.15) is 11.8 Å². The maximum absolute atomic E-state index is 12.8. The zero-order valence-electron chi connectivity index (χ0n) is 20.8. The molecular weight excluding hydrogens is 428 g/mol. The van der Waals surface area contributed by atoms with E-state index >= 15 is 0 Å². The minimum Gasteiger partial charge on any atom is -0.497 e. The number of amides is 2. The fourth-order valence-electron chi connectivity index (χ4n) is 4.23. The molecule has 34 heavy (non-hydrogen) atoms. The molecule has 0 aromatic heterocycles. The summed E-state index contributed by atoms with van der Waals surface area (Å²) < 4.78 is 5.24.